The lowest BCUT2D eigenvalue weighted by atomic mass is 9.98. The Hall–Kier alpha value is -9.59. The van der Waals surface area contributed by atoms with Crippen molar-refractivity contribution >= 4 is 50.5 Å². The molecule has 0 amide bonds. The normalized spacial score (nSPS) is 11.6. The van der Waals surface area contributed by atoms with Crippen LogP contribution in [0.3, 0.4) is 0 Å². The lowest BCUT2D eigenvalue weighted by Crippen LogP contribution is -2.35. The molecule has 110 heavy (non-hydrogen) atoms. The standard InChI is InChI=1S/2C17H16N.C16H18N2.C16H16N.C12H16N2.10C2H6.5CH4/c1-13-7-3-6-10-16(13)17-11-14-8-4-5-9-15(14)12-18(17)2;1-13-7-3-5-9-15(13)17-12-11-14-8-4-6-10-16(14)18(17)2;1-12-8-4-5-9-14(12)18-13(2)17(3)15-10-6-7-11-16(15)18;1-12-6-3-4-8-14(12)16-15-9-5-7-13(15)10-11-17(16)2;1-10-6-4-5-7-12(10)14-9-8-13(3)11(14)2;10*1-2;;;;;/h2*3-12H,1-2H3;4-11,13H,1-3H3;3-8,10-11H,9H2,1-2H3;4-9,11H,1-3H3;10*1-2H3;5*1H4/q2*+1;;+1;;;;;;;;;;;;;;;;/t;;13-;;11-;;;;;;;;;;;;;;;/m..0.0.............../s1. The quantitative estimate of drug-likeness (QED) is 0.160. The van der Waals surface area contributed by atoms with Crippen molar-refractivity contribution in [2.24, 2.45) is 21.1 Å². The molecule has 3 aliphatic rings. The summed E-state index contributed by atoms with van der Waals surface area (Å²) in [5.41, 5.74) is 23.6. The van der Waals surface area contributed by atoms with Crippen molar-refractivity contribution in [1.82, 2.24) is 4.90 Å². The second-order valence-corrected chi connectivity index (χ2v) is 22.7. The Kier molecular flexibility index (Phi) is 64.0. The van der Waals surface area contributed by atoms with E-state index in [1.165, 1.54) is 117 Å². The number of allylic oxidation sites excluding steroid dienone is 1. The summed E-state index contributed by atoms with van der Waals surface area (Å²) in [6, 6.07) is 77.1. The van der Waals surface area contributed by atoms with E-state index >= 15 is 0 Å². The molecule has 0 spiro atoms. The zero-order valence-corrected chi connectivity index (χ0v) is 71.7. The summed E-state index contributed by atoms with van der Waals surface area (Å²) in [6.45, 7) is 55.3. The van der Waals surface area contributed by atoms with Crippen molar-refractivity contribution in [2.45, 2.75) is 243 Å². The van der Waals surface area contributed by atoms with E-state index in [0.717, 1.165) is 6.42 Å². The van der Waals surface area contributed by atoms with E-state index in [4.69, 9.17) is 0 Å². The monoisotopic (exact) mass is 1500 g/mol. The Bertz CT molecular complexity index is 4170. The Morgan fingerprint density at radius 3 is 1.20 bits per heavy atom. The second kappa shape index (κ2) is 63.2. The molecule has 11 aromatic rings. The molecule has 2 aliphatic heterocycles. The molecule has 0 saturated carbocycles. The lowest BCUT2D eigenvalue weighted by Gasteiger charge is -2.28. The number of para-hydroxylation sites is 5. The van der Waals surface area contributed by atoms with E-state index in [9.17, 15) is 0 Å². The van der Waals surface area contributed by atoms with E-state index in [-0.39, 0.29) is 37.1 Å². The third kappa shape index (κ3) is 30.3. The van der Waals surface area contributed by atoms with E-state index in [1.54, 1.807) is 0 Å². The number of rotatable bonds is 5. The number of benzene rings is 8. The highest BCUT2D eigenvalue weighted by molar-refractivity contribution is 5.85. The van der Waals surface area contributed by atoms with E-state index < -0.39 is 0 Å². The van der Waals surface area contributed by atoms with Crippen molar-refractivity contribution in [1.29, 1.82) is 0 Å². The number of aromatic nitrogens is 3. The van der Waals surface area contributed by atoms with Crippen LogP contribution in [0, 0.1) is 34.6 Å². The van der Waals surface area contributed by atoms with Gasteiger partial charge in [-0.05, 0) is 154 Å². The van der Waals surface area contributed by atoms with Gasteiger partial charge in [0.2, 0.25) is 22.6 Å². The Labute approximate surface area is 679 Å². The second-order valence-electron chi connectivity index (χ2n) is 22.7. The predicted molar refractivity (Wildman–Crippen MR) is 506 cm³/mol. The fourth-order valence-corrected chi connectivity index (χ4v) is 11.9. The summed E-state index contributed by atoms with van der Waals surface area (Å²) in [5, 5.41) is 3.84. The number of anilines is 4. The first-order valence-corrected chi connectivity index (χ1v) is 39.7. The van der Waals surface area contributed by atoms with Crippen molar-refractivity contribution in [3.63, 3.8) is 0 Å². The SMILES string of the molecule is C.C.C.C.C.CC.CC.CC.CC.CC.CC.CC.CC.CC.CC.Cc1ccccc1-c1c2c(cc[n+]1C)C=CC2.Cc1ccccc1-c1cc2ccccc2c[n+]1C.Cc1ccccc1-c1ccc2ccccc2[n+]1C.Cc1ccccc1N1C=CN(C)[C@@H]1C.Cc1ccccc1N1c2ccccc2N(C)[C@@H]1C. The molecule has 14 rings (SSSR count). The first kappa shape index (κ1) is 111. The minimum Gasteiger partial charge on any atom is -0.359 e. The molecule has 606 valence electrons. The third-order valence-electron chi connectivity index (χ3n) is 17.1. The van der Waals surface area contributed by atoms with Gasteiger partial charge in [0.25, 0.3) is 0 Å². The molecule has 1 aliphatic carbocycles. The summed E-state index contributed by atoms with van der Waals surface area (Å²) in [5.74, 6) is 0. The highest BCUT2D eigenvalue weighted by Gasteiger charge is 2.32. The van der Waals surface area contributed by atoms with Crippen LogP contribution in [0.4, 0.5) is 22.7 Å². The van der Waals surface area contributed by atoms with Gasteiger partial charge in [-0.1, -0.05) is 321 Å². The zero-order valence-electron chi connectivity index (χ0n) is 71.7. The number of aryl methyl sites for hydroxylation is 8. The van der Waals surface area contributed by atoms with Crippen LogP contribution >= 0.6 is 0 Å². The number of pyridine rings is 3. The van der Waals surface area contributed by atoms with Gasteiger partial charge in [-0.15, -0.1) is 0 Å². The Balaban J connectivity index is -0.000000287. The molecular weight excluding hydrogens is 1340 g/mol. The topological polar surface area (TPSA) is 24.6 Å². The summed E-state index contributed by atoms with van der Waals surface area (Å²) in [6.07, 6.45) is 14.9. The molecule has 0 bridgehead atoms. The van der Waals surface area contributed by atoms with Crippen molar-refractivity contribution < 1.29 is 13.7 Å². The molecule has 5 heterocycles. The number of fused-ring (bicyclic) bond motifs is 4. The van der Waals surface area contributed by atoms with Crippen LogP contribution in [-0.4, -0.2) is 31.3 Å². The van der Waals surface area contributed by atoms with Gasteiger partial charge in [-0.3, -0.25) is 0 Å². The first-order valence-electron chi connectivity index (χ1n) is 39.7. The average molecular weight is 1500 g/mol. The fraction of sp³-hybridized carbons (Fsp3) is 0.388. The van der Waals surface area contributed by atoms with Gasteiger partial charge in [0.05, 0.1) is 11.4 Å². The molecule has 0 fully saturated rings. The maximum Gasteiger partial charge on any atom is 0.216 e. The summed E-state index contributed by atoms with van der Waals surface area (Å²) in [4.78, 5) is 9.22. The molecule has 0 radical (unpaired) electrons. The lowest BCUT2D eigenvalue weighted by molar-refractivity contribution is -0.660. The zero-order chi connectivity index (χ0) is 79.7. The molecule has 3 aromatic heterocycles. The molecule has 0 N–H and O–H groups in total. The molecule has 0 unspecified atom stereocenters. The minimum atomic E-state index is 0. The fourth-order valence-electron chi connectivity index (χ4n) is 11.9. The minimum absolute atomic E-state index is 0. The first-order chi connectivity index (χ1) is 51.2. The molecule has 7 heteroatoms. The van der Waals surface area contributed by atoms with Crippen molar-refractivity contribution in [2.75, 3.05) is 28.8 Å². The highest BCUT2D eigenvalue weighted by atomic mass is 15.4. The van der Waals surface area contributed by atoms with Gasteiger partial charge in [0.1, 0.15) is 33.5 Å². The van der Waals surface area contributed by atoms with Gasteiger partial charge in [-0.25, -0.2) is 9.13 Å². The number of nitrogens with zero attached hydrogens (tertiary/aromatic N) is 7. The highest BCUT2D eigenvalue weighted by Crippen LogP contribution is 2.44. The maximum absolute atomic E-state index is 2.41. The smallest absolute Gasteiger partial charge is 0.216 e. The van der Waals surface area contributed by atoms with Crippen LogP contribution in [0.15, 0.2) is 249 Å². The summed E-state index contributed by atoms with van der Waals surface area (Å²) in [7, 11) is 10.6. The van der Waals surface area contributed by atoms with Crippen LogP contribution in [0.25, 0.3) is 61.5 Å². The van der Waals surface area contributed by atoms with Gasteiger partial charge < -0.3 is 19.6 Å². The number of hydrogen-bond acceptors (Lipinski definition) is 4. The van der Waals surface area contributed by atoms with Crippen LogP contribution < -0.4 is 28.4 Å². The van der Waals surface area contributed by atoms with Crippen LogP contribution in [-0.2, 0) is 27.6 Å². The summed E-state index contributed by atoms with van der Waals surface area (Å²) >= 11 is 0. The van der Waals surface area contributed by atoms with Gasteiger partial charge in [0, 0.05) is 95.2 Å². The van der Waals surface area contributed by atoms with E-state index in [1.807, 2.05) is 138 Å². The largest absolute Gasteiger partial charge is 0.359 e. The predicted octanol–water partition coefficient (Wildman–Crippen LogP) is 30.3. The van der Waals surface area contributed by atoms with Crippen LogP contribution in [0.2, 0.25) is 0 Å². The van der Waals surface area contributed by atoms with E-state index in [0.29, 0.717) is 12.3 Å². The van der Waals surface area contributed by atoms with Gasteiger partial charge in [-0.2, -0.15) is 4.57 Å². The van der Waals surface area contributed by atoms with Crippen molar-refractivity contribution in [3.8, 4) is 33.8 Å². The number of hydrogen-bond donors (Lipinski definition) is 0. The third-order valence-corrected chi connectivity index (χ3v) is 17.1. The van der Waals surface area contributed by atoms with Gasteiger partial charge in [0.15, 0.2) is 12.4 Å². The molecular formula is C103H162N7+3. The summed E-state index contributed by atoms with van der Waals surface area (Å²) < 4.78 is 6.69. The molecule has 2 atom stereocenters. The molecule has 8 aromatic carbocycles. The maximum atomic E-state index is 2.41. The molecule has 0 saturated heterocycles. The van der Waals surface area contributed by atoms with Crippen LogP contribution in [0.5, 0.6) is 0 Å². The van der Waals surface area contributed by atoms with Crippen LogP contribution in [0.1, 0.15) is 228 Å². The molecule has 7 nitrogen and oxygen atoms in total. The Morgan fingerprint density at radius 2 is 0.736 bits per heavy atom. The average Bonchev–Trinajstić information content (AvgIpc) is 1.60. The Morgan fingerprint density at radius 1 is 0.345 bits per heavy atom. The van der Waals surface area contributed by atoms with Crippen molar-refractivity contribution in [3.05, 3.63) is 288 Å². The van der Waals surface area contributed by atoms with Gasteiger partial charge >= 0.3 is 0 Å². The van der Waals surface area contributed by atoms with E-state index in [2.05, 4.69) is 372 Å².